The third-order valence-electron chi connectivity index (χ3n) is 8.95. The van der Waals surface area contributed by atoms with Crippen molar-refractivity contribution in [3.05, 3.63) is 25.3 Å². The van der Waals surface area contributed by atoms with Crippen LogP contribution in [0.25, 0.3) is 0 Å². The number of unbranched alkanes of at least 4 members (excludes halogenated alkanes) is 23. The first-order valence-corrected chi connectivity index (χ1v) is 20.4. The molecule has 0 aliphatic rings. The second-order valence-electron chi connectivity index (χ2n) is 13.7. The summed E-state index contributed by atoms with van der Waals surface area (Å²) >= 11 is 0. The molecule has 0 heterocycles. The number of hydrogen-bond donors (Lipinski definition) is 0. The first-order valence-electron chi connectivity index (χ1n) is 20.4. The van der Waals surface area contributed by atoms with E-state index in [1.165, 1.54) is 77.0 Å². The molecule has 0 aromatic heterocycles. The Hall–Kier alpha value is -2.64. The number of rotatable bonds is 37. The Morgan fingerprint density at radius 1 is 0.400 bits per heavy atom. The normalized spacial score (nSPS) is 12.1. The van der Waals surface area contributed by atoms with Crippen LogP contribution in [-0.2, 0) is 38.1 Å². The van der Waals surface area contributed by atoms with Crippen LogP contribution in [0.2, 0.25) is 0 Å². The Balaban J connectivity index is 4.13. The molecule has 0 aromatic rings. The highest BCUT2D eigenvalue weighted by Gasteiger charge is 2.19. The van der Waals surface area contributed by atoms with E-state index < -0.39 is 24.5 Å². The van der Waals surface area contributed by atoms with Crippen LogP contribution in [0.15, 0.2) is 25.3 Å². The molecule has 0 amide bonds. The SMILES string of the molecule is C=CC(=O)OC(CCCCCCCCCCC(OC(=O)C=C)OC(=O)CCCCCCCCCCC)OC(=O)CCCCCCCCCCC. The maximum Gasteiger partial charge on any atom is 0.333 e. The molecule has 50 heavy (non-hydrogen) atoms. The van der Waals surface area contributed by atoms with Gasteiger partial charge in [-0.15, -0.1) is 0 Å². The summed E-state index contributed by atoms with van der Waals surface area (Å²) < 4.78 is 21.6. The molecule has 2 atom stereocenters. The lowest BCUT2D eigenvalue weighted by Gasteiger charge is -2.18. The minimum atomic E-state index is -0.867. The molecule has 8 nitrogen and oxygen atoms in total. The molecule has 290 valence electrons. The number of carbonyl (C=O) groups is 4. The molecule has 0 bridgehead atoms. The van der Waals surface area contributed by atoms with Crippen molar-refractivity contribution in [1.29, 1.82) is 0 Å². The van der Waals surface area contributed by atoms with Gasteiger partial charge in [-0.2, -0.15) is 0 Å². The van der Waals surface area contributed by atoms with Crippen LogP contribution in [0, 0.1) is 0 Å². The van der Waals surface area contributed by atoms with E-state index in [-0.39, 0.29) is 11.9 Å². The fourth-order valence-corrected chi connectivity index (χ4v) is 5.89. The highest BCUT2D eigenvalue weighted by Crippen LogP contribution is 2.17. The third-order valence-corrected chi connectivity index (χ3v) is 8.95. The van der Waals surface area contributed by atoms with Gasteiger partial charge in [0.2, 0.25) is 12.6 Å². The van der Waals surface area contributed by atoms with Crippen molar-refractivity contribution < 1.29 is 38.1 Å². The van der Waals surface area contributed by atoms with Gasteiger partial charge in [-0.3, -0.25) is 9.59 Å². The van der Waals surface area contributed by atoms with Gasteiger partial charge >= 0.3 is 23.9 Å². The molecule has 0 rings (SSSR count). The number of carbonyl (C=O) groups excluding carboxylic acids is 4. The summed E-state index contributed by atoms with van der Waals surface area (Å²) in [7, 11) is 0. The number of hydrogen-bond acceptors (Lipinski definition) is 8. The molecule has 8 heteroatoms. The van der Waals surface area contributed by atoms with Gasteiger partial charge in [0, 0.05) is 37.8 Å². The van der Waals surface area contributed by atoms with Gasteiger partial charge in [0.25, 0.3) is 0 Å². The second-order valence-corrected chi connectivity index (χ2v) is 13.7. The summed E-state index contributed by atoms with van der Waals surface area (Å²) in [6.45, 7) is 11.3. The van der Waals surface area contributed by atoms with Gasteiger partial charge in [0.15, 0.2) is 0 Å². The molecule has 0 spiro atoms. The Labute approximate surface area is 305 Å². The lowest BCUT2D eigenvalue weighted by atomic mass is 10.1. The molecular weight excluding hydrogens is 632 g/mol. The quantitative estimate of drug-likeness (QED) is 0.0272. The Bertz CT molecular complexity index is 800. The lowest BCUT2D eigenvalue weighted by molar-refractivity contribution is -0.187. The minimum Gasteiger partial charge on any atom is -0.425 e. The molecule has 0 aromatic carbocycles. The summed E-state index contributed by atoms with van der Waals surface area (Å²) in [5, 5.41) is 0. The monoisotopic (exact) mass is 707 g/mol. The van der Waals surface area contributed by atoms with Gasteiger partial charge < -0.3 is 18.9 Å². The zero-order valence-corrected chi connectivity index (χ0v) is 32.2. The van der Waals surface area contributed by atoms with Crippen molar-refractivity contribution in [1.82, 2.24) is 0 Å². The third kappa shape index (κ3) is 32.6. The minimum absolute atomic E-state index is 0.315. The van der Waals surface area contributed by atoms with Crippen LogP contribution in [0.1, 0.15) is 206 Å². The van der Waals surface area contributed by atoms with E-state index in [9.17, 15) is 19.2 Å². The maximum absolute atomic E-state index is 12.4. The van der Waals surface area contributed by atoms with Crippen molar-refractivity contribution in [3.8, 4) is 0 Å². The number of esters is 4. The van der Waals surface area contributed by atoms with Crippen LogP contribution in [-0.4, -0.2) is 36.5 Å². The van der Waals surface area contributed by atoms with Gasteiger partial charge in [-0.05, 0) is 25.7 Å². The van der Waals surface area contributed by atoms with Crippen LogP contribution in [0.4, 0.5) is 0 Å². The average Bonchev–Trinajstić information content (AvgIpc) is 3.10. The topological polar surface area (TPSA) is 105 Å². The van der Waals surface area contributed by atoms with Gasteiger partial charge in [-0.25, -0.2) is 9.59 Å². The van der Waals surface area contributed by atoms with Gasteiger partial charge in [0.1, 0.15) is 0 Å². The van der Waals surface area contributed by atoms with E-state index in [4.69, 9.17) is 18.9 Å². The molecule has 0 aliphatic carbocycles. The zero-order chi connectivity index (χ0) is 36.9. The molecule has 0 radical (unpaired) electrons. The predicted molar refractivity (Wildman–Crippen MR) is 202 cm³/mol. The van der Waals surface area contributed by atoms with Gasteiger partial charge in [-0.1, -0.05) is 168 Å². The van der Waals surface area contributed by atoms with Gasteiger partial charge in [0.05, 0.1) is 0 Å². The smallest absolute Gasteiger partial charge is 0.333 e. The standard InChI is InChI=1S/C42H74O8/c1-5-9-11-13-15-17-21-25-29-33-39(45)49-41(47-37(43)7-3)35-31-27-23-19-20-24-28-32-36-42(48-38(44)8-4)50-40(46)34-30-26-22-18-16-14-12-10-6-2/h7-8,41-42H,3-6,9-36H2,1-2H3. The number of ether oxygens (including phenoxy) is 4. The van der Waals surface area contributed by atoms with Crippen LogP contribution in [0.5, 0.6) is 0 Å². The summed E-state index contributed by atoms with van der Waals surface area (Å²) in [4.78, 5) is 48.3. The summed E-state index contributed by atoms with van der Waals surface area (Å²) in [6.07, 6.45) is 31.0. The summed E-state index contributed by atoms with van der Waals surface area (Å²) in [6, 6.07) is 0. The molecule has 0 aliphatic heterocycles. The fourth-order valence-electron chi connectivity index (χ4n) is 5.89. The second kappa shape index (κ2) is 36.2. The molecular formula is C42H74O8. The molecule has 0 saturated carbocycles. The van der Waals surface area contributed by atoms with Crippen molar-refractivity contribution in [3.63, 3.8) is 0 Å². The van der Waals surface area contributed by atoms with E-state index in [1.807, 2.05) is 0 Å². The molecule has 0 saturated heterocycles. The van der Waals surface area contributed by atoms with E-state index >= 15 is 0 Å². The molecule has 2 unspecified atom stereocenters. The average molecular weight is 707 g/mol. The summed E-state index contributed by atoms with van der Waals surface area (Å²) in [5.74, 6) is -1.79. The molecule has 0 N–H and O–H groups in total. The predicted octanol–water partition coefficient (Wildman–Crippen LogP) is 11.9. The van der Waals surface area contributed by atoms with E-state index in [2.05, 4.69) is 27.0 Å². The van der Waals surface area contributed by atoms with Crippen molar-refractivity contribution in [2.45, 2.75) is 219 Å². The van der Waals surface area contributed by atoms with E-state index in [1.54, 1.807) is 0 Å². The lowest BCUT2D eigenvalue weighted by Crippen LogP contribution is -2.24. The first-order chi connectivity index (χ1) is 24.4. The van der Waals surface area contributed by atoms with E-state index in [0.717, 1.165) is 102 Å². The maximum atomic E-state index is 12.4. The van der Waals surface area contributed by atoms with E-state index in [0.29, 0.717) is 25.7 Å². The fraction of sp³-hybridized carbons (Fsp3) is 0.810. The highest BCUT2D eigenvalue weighted by molar-refractivity contribution is 5.81. The van der Waals surface area contributed by atoms with Crippen LogP contribution in [0.3, 0.4) is 0 Å². The Morgan fingerprint density at radius 3 is 0.940 bits per heavy atom. The Kier molecular flexibility index (Phi) is 34.3. The highest BCUT2D eigenvalue weighted by atomic mass is 16.7. The van der Waals surface area contributed by atoms with Crippen LogP contribution >= 0.6 is 0 Å². The van der Waals surface area contributed by atoms with Crippen molar-refractivity contribution >= 4 is 23.9 Å². The summed E-state index contributed by atoms with van der Waals surface area (Å²) in [5.41, 5.74) is 0. The van der Waals surface area contributed by atoms with Crippen molar-refractivity contribution in [2.75, 3.05) is 0 Å². The van der Waals surface area contributed by atoms with Crippen LogP contribution < -0.4 is 0 Å². The first kappa shape index (κ1) is 47.4. The Morgan fingerprint density at radius 2 is 0.660 bits per heavy atom. The van der Waals surface area contributed by atoms with Crippen molar-refractivity contribution in [2.24, 2.45) is 0 Å². The zero-order valence-electron chi connectivity index (χ0n) is 32.2. The largest absolute Gasteiger partial charge is 0.425 e. The molecule has 0 fully saturated rings.